The predicted molar refractivity (Wildman–Crippen MR) is 131 cm³/mol. The van der Waals surface area contributed by atoms with Crippen molar-refractivity contribution in [1.29, 1.82) is 0 Å². The minimum Gasteiger partial charge on any atom is -0.382 e. The van der Waals surface area contributed by atoms with Gasteiger partial charge in [0.05, 0.1) is 16.1 Å². The maximum Gasteiger partial charge on any atom is 0.157 e. The molecule has 1 aromatic carbocycles. The van der Waals surface area contributed by atoms with Crippen molar-refractivity contribution in [2.75, 3.05) is 23.7 Å². The highest BCUT2D eigenvalue weighted by Crippen LogP contribution is 2.51. The summed E-state index contributed by atoms with van der Waals surface area (Å²) in [7, 11) is 0. The molecule has 2 aliphatic rings. The number of hydrogen-bond acceptors (Lipinski definition) is 7. The Hall–Kier alpha value is -3.07. The van der Waals surface area contributed by atoms with Crippen LogP contribution in [-0.2, 0) is 6.42 Å². The summed E-state index contributed by atoms with van der Waals surface area (Å²) in [5, 5.41) is 0.461. The van der Waals surface area contributed by atoms with Gasteiger partial charge in [-0.25, -0.2) is 15.0 Å². The van der Waals surface area contributed by atoms with Gasteiger partial charge in [-0.15, -0.1) is 0 Å². The number of halogens is 1. The fourth-order valence-electron chi connectivity index (χ4n) is 5.41. The highest BCUT2D eigenvalue weighted by molar-refractivity contribution is 7.99. The zero-order valence-corrected chi connectivity index (χ0v) is 19.1. The number of benzene rings is 1. The lowest BCUT2D eigenvalue weighted by atomic mass is 9.74. The number of hydrogen-bond donors (Lipinski definition) is 2. The van der Waals surface area contributed by atoms with Crippen molar-refractivity contribution in [3.63, 3.8) is 0 Å². The molecule has 9 heteroatoms. The fraction of sp³-hybridized carbons (Fsp3) is 0.208. The summed E-state index contributed by atoms with van der Waals surface area (Å²) >= 11 is 7.89. The first-order chi connectivity index (χ1) is 16.0. The number of rotatable bonds is 3. The molecule has 0 saturated carbocycles. The summed E-state index contributed by atoms with van der Waals surface area (Å²) in [4.78, 5) is 17.9. The average molecular weight is 474 g/mol. The van der Waals surface area contributed by atoms with Crippen LogP contribution in [0.2, 0.25) is 5.02 Å². The molecule has 164 valence electrons. The topological polar surface area (TPSA) is 98.4 Å². The molecule has 0 radical (unpaired) electrons. The van der Waals surface area contributed by atoms with Gasteiger partial charge in [0.25, 0.3) is 0 Å². The monoisotopic (exact) mass is 473 g/mol. The van der Waals surface area contributed by atoms with Crippen molar-refractivity contribution < 1.29 is 0 Å². The molecule has 0 unspecified atom stereocenters. The van der Waals surface area contributed by atoms with E-state index in [-0.39, 0.29) is 11.5 Å². The second kappa shape index (κ2) is 6.72. The molecule has 7 nitrogen and oxygen atoms in total. The van der Waals surface area contributed by atoms with Crippen LogP contribution in [0.5, 0.6) is 0 Å². The van der Waals surface area contributed by atoms with Crippen molar-refractivity contribution in [3.8, 4) is 0 Å². The molecule has 0 amide bonds. The van der Waals surface area contributed by atoms with Crippen molar-refractivity contribution in [1.82, 2.24) is 19.4 Å². The zero-order valence-electron chi connectivity index (χ0n) is 17.6. The van der Waals surface area contributed by atoms with Crippen LogP contribution in [0.1, 0.15) is 17.2 Å². The lowest BCUT2D eigenvalue weighted by molar-refractivity contribution is 0.182. The van der Waals surface area contributed by atoms with Crippen molar-refractivity contribution >= 4 is 51.8 Å². The van der Waals surface area contributed by atoms with Crippen LogP contribution in [0, 0.1) is 5.41 Å². The molecule has 1 aliphatic carbocycles. The van der Waals surface area contributed by atoms with E-state index in [1.54, 1.807) is 6.20 Å². The van der Waals surface area contributed by atoms with Gasteiger partial charge in [0.1, 0.15) is 17.0 Å². The van der Waals surface area contributed by atoms with Crippen molar-refractivity contribution in [2.45, 2.75) is 22.3 Å². The van der Waals surface area contributed by atoms with Crippen LogP contribution in [0.3, 0.4) is 0 Å². The van der Waals surface area contributed by atoms with Gasteiger partial charge in [-0.2, -0.15) is 0 Å². The summed E-state index contributed by atoms with van der Waals surface area (Å²) in [6.45, 7) is 1.80. The highest BCUT2D eigenvalue weighted by Gasteiger charge is 2.53. The Kier molecular flexibility index (Phi) is 3.95. The van der Waals surface area contributed by atoms with Gasteiger partial charge in [-0.1, -0.05) is 47.6 Å². The van der Waals surface area contributed by atoms with Crippen LogP contribution in [0.25, 0.3) is 16.8 Å². The van der Waals surface area contributed by atoms with Crippen LogP contribution < -0.4 is 16.4 Å². The Bertz CT molecular complexity index is 1540. The SMILES string of the molecule is Nc1nccc(Sc2ccc3nc(N4CC5(Cc6ccccc6[C@H]5N)C4)c4cnc2n34)c1Cl. The van der Waals surface area contributed by atoms with Gasteiger partial charge in [0, 0.05) is 35.6 Å². The second-order valence-corrected chi connectivity index (χ2v) is 10.4. The smallest absolute Gasteiger partial charge is 0.157 e. The molecule has 1 spiro atoms. The van der Waals surface area contributed by atoms with Gasteiger partial charge in [0.15, 0.2) is 11.5 Å². The van der Waals surface area contributed by atoms with Crippen molar-refractivity contribution in [3.05, 3.63) is 71.0 Å². The molecule has 5 heterocycles. The maximum absolute atomic E-state index is 6.69. The summed E-state index contributed by atoms with van der Waals surface area (Å²) in [6.07, 6.45) is 4.60. The summed E-state index contributed by atoms with van der Waals surface area (Å²) in [5.41, 5.74) is 18.1. The Morgan fingerprint density at radius 1 is 1.06 bits per heavy atom. The van der Waals surface area contributed by atoms with E-state index in [1.165, 1.54) is 22.9 Å². The van der Waals surface area contributed by atoms with E-state index in [2.05, 4.69) is 38.6 Å². The molecule has 1 atom stereocenters. The molecule has 4 aromatic heterocycles. The third-order valence-electron chi connectivity index (χ3n) is 7.05. The standard InChI is InChI=1S/C24H20ClN7S/c25-19-16(7-8-28-21(19)27)33-17-5-6-18-30-22(15-10-29-23(17)32(15)18)31-11-24(12-31)9-13-3-1-2-4-14(13)20(24)26/h1-8,10,20H,9,11-12,26H2,(H2,27,28)/t20-/m1/s1. The van der Waals surface area contributed by atoms with Crippen LogP contribution >= 0.6 is 23.4 Å². The molecule has 1 fully saturated rings. The highest BCUT2D eigenvalue weighted by atomic mass is 35.5. The lowest BCUT2D eigenvalue weighted by Gasteiger charge is -2.51. The summed E-state index contributed by atoms with van der Waals surface area (Å²) in [6, 6.07) is 14.6. The second-order valence-electron chi connectivity index (χ2n) is 8.98. The van der Waals surface area contributed by atoms with E-state index in [1.807, 2.05) is 24.4 Å². The van der Waals surface area contributed by atoms with Gasteiger partial charge < -0.3 is 16.4 Å². The molecule has 7 rings (SSSR count). The first kappa shape index (κ1) is 19.4. The minimum atomic E-state index is 0.0698. The number of anilines is 2. The number of fused-ring (bicyclic) bond motifs is 1. The fourth-order valence-corrected chi connectivity index (χ4v) is 6.57. The predicted octanol–water partition coefficient (Wildman–Crippen LogP) is 4.16. The molecule has 5 aromatic rings. The molecule has 33 heavy (non-hydrogen) atoms. The maximum atomic E-state index is 6.69. The number of aromatic nitrogens is 4. The van der Waals surface area contributed by atoms with Crippen molar-refractivity contribution in [2.24, 2.45) is 11.1 Å². The Morgan fingerprint density at radius 2 is 1.91 bits per heavy atom. The minimum absolute atomic E-state index is 0.0698. The molecule has 1 aliphatic heterocycles. The van der Waals surface area contributed by atoms with E-state index in [0.717, 1.165) is 51.9 Å². The van der Waals surface area contributed by atoms with E-state index < -0.39 is 0 Å². The number of nitrogens with two attached hydrogens (primary N) is 2. The van der Waals surface area contributed by atoms with E-state index in [9.17, 15) is 0 Å². The molecule has 0 bridgehead atoms. The van der Waals surface area contributed by atoms with Gasteiger partial charge >= 0.3 is 0 Å². The van der Waals surface area contributed by atoms with E-state index in [0.29, 0.717) is 10.8 Å². The molecule has 1 saturated heterocycles. The number of nitrogens with zero attached hydrogens (tertiary/aromatic N) is 5. The summed E-state index contributed by atoms with van der Waals surface area (Å²) < 4.78 is 2.12. The first-order valence-corrected chi connectivity index (χ1v) is 12.0. The van der Waals surface area contributed by atoms with E-state index >= 15 is 0 Å². The Balaban J connectivity index is 1.22. The largest absolute Gasteiger partial charge is 0.382 e. The van der Waals surface area contributed by atoms with Crippen LogP contribution in [-0.4, -0.2) is 32.4 Å². The van der Waals surface area contributed by atoms with Gasteiger partial charge in [-0.05, 0) is 35.7 Å². The van der Waals surface area contributed by atoms with Crippen LogP contribution in [0.15, 0.2) is 64.6 Å². The Labute approximate surface area is 199 Å². The zero-order chi connectivity index (χ0) is 22.3. The quantitative estimate of drug-likeness (QED) is 0.406. The lowest BCUT2D eigenvalue weighted by Crippen LogP contribution is -2.60. The Morgan fingerprint density at radius 3 is 2.76 bits per heavy atom. The van der Waals surface area contributed by atoms with Crippen LogP contribution in [0.4, 0.5) is 11.6 Å². The molecular weight excluding hydrogens is 454 g/mol. The first-order valence-electron chi connectivity index (χ1n) is 10.8. The normalized spacial score (nSPS) is 19.0. The molecule has 4 N–H and O–H groups in total. The summed E-state index contributed by atoms with van der Waals surface area (Å²) in [5.74, 6) is 1.30. The third kappa shape index (κ3) is 2.65. The number of pyridine rings is 2. The third-order valence-corrected chi connectivity index (χ3v) is 8.66. The van der Waals surface area contributed by atoms with Gasteiger partial charge in [-0.3, -0.25) is 4.40 Å². The number of imidazole rings is 2. The number of nitrogen functional groups attached to an aromatic ring is 1. The average Bonchev–Trinajstić information content (AvgIpc) is 3.47. The molecular formula is C24H20ClN7S. The van der Waals surface area contributed by atoms with Gasteiger partial charge in [0.2, 0.25) is 0 Å². The van der Waals surface area contributed by atoms with E-state index in [4.69, 9.17) is 33.0 Å².